The minimum absolute atomic E-state index is 0.482. The number of hydrogen-bond donors (Lipinski definition) is 1. The molecule has 0 amide bonds. The number of benzene rings is 2. The van der Waals surface area contributed by atoms with E-state index < -0.39 is 0 Å². The van der Waals surface area contributed by atoms with Gasteiger partial charge in [0.15, 0.2) is 0 Å². The molecule has 0 saturated heterocycles. The quantitative estimate of drug-likeness (QED) is 0.933. The Morgan fingerprint density at radius 1 is 1.11 bits per heavy atom. The zero-order chi connectivity index (χ0) is 13.8. The van der Waals surface area contributed by atoms with Crippen LogP contribution in [0.1, 0.15) is 5.56 Å². The molecule has 0 fully saturated rings. The van der Waals surface area contributed by atoms with Crippen LogP contribution in [0, 0.1) is 0 Å². The standard InChI is InChI=1S/C15H17BrN2O/c1-18(14-7-3-4-9-15(14)19-2)13-8-5-6-12(16)11(13)10-17/h3-9H,10,17H2,1-2H3. The van der Waals surface area contributed by atoms with Gasteiger partial charge in [0, 0.05) is 29.3 Å². The Labute approximate surface area is 122 Å². The maximum atomic E-state index is 5.85. The number of nitrogens with two attached hydrogens (primary N) is 1. The molecule has 100 valence electrons. The van der Waals surface area contributed by atoms with Crippen molar-refractivity contribution in [1.29, 1.82) is 0 Å². The molecule has 4 heteroatoms. The van der Waals surface area contributed by atoms with Crippen LogP contribution >= 0.6 is 15.9 Å². The first-order chi connectivity index (χ1) is 9.19. The van der Waals surface area contributed by atoms with E-state index in [-0.39, 0.29) is 0 Å². The fourth-order valence-corrected chi connectivity index (χ4v) is 2.62. The fraction of sp³-hybridized carbons (Fsp3) is 0.200. The third-order valence-electron chi connectivity index (χ3n) is 3.11. The zero-order valence-corrected chi connectivity index (χ0v) is 12.6. The van der Waals surface area contributed by atoms with Crippen molar-refractivity contribution in [2.75, 3.05) is 19.1 Å². The number of para-hydroxylation sites is 2. The predicted octanol–water partition coefficient (Wildman–Crippen LogP) is 3.68. The Balaban J connectivity index is 2.50. The highest BCUT2D eigenvalue weighted by Crippen LogP contribution is 2.35. The van der Waals surface area contributed by atoms with Crippen LogP contribution in [-0.4, -0.2) is 14.2 Å². The monoisotopic (exact) mass is 320 g/mol. The zero-order valence-electron chi connectivity index (χ0n) is 11.1. The molecule has 19 heavy (non-hydrogen) atoms. The average molecular weight is 321 g/mol. The van der Waals surface area contributed by atoms with E-state index in [9.17, 15) is 0 Å². The van der Waals surface area contributed by atoms with Gasteiger partial charge in [-0.3, -0.25) is 0 Å². The van der Waals surface area contributed by atoms with Gasteiger partial charge in [-0.2, -0.15) is 0 Å². The predicted molar refractivity (Wildman–Crippen MR) is 83.1 cm³/mol. The van der Waals surface area contributed by atoms with Gasteiger partial charge in [-0.1, -0.05) is 34.1 Å². The summed E-state index contributed by atoms with van der Waals surface area (Å²) in [4.78, 5) is 2.09. The molecule has 2 N–H and O–H groups in total. The van der Waals surface area contributed by atoms with Crippen LogP contribution in [0.4, 0.5) is 11.4 Å². The molecule has 2 aromatic rings. The van der Waals surface area contributed by atoms with E-state index in [0.717, 1.165) is 27.2 Å². The SMILES string of the molecule is COc1ccccc1N(C)c1cccc(Br)c1CN. The first kappa shape index (κ1) is 13.9. The maximum absolute atomic E-state index is 5.85. The van der Waals surface area contributed by atoms with E-state index in [1.54, 1.807) is 7.11 Å². The summed E-state index contributed by atoms with van der Waals surface area (Å²) in [7, 11) is 3.69. The van der Waals surface area contributed by atoms with Crippen molar-refractivity contribution in [1.82, 2.24) is 0 Å². The van der Waals surface area contributed by atoms with E-state index in [4.69, 9.17) is 10.5 Å². The summed E-state index contributed by atoms with van der Waals surface area (Å²) < 4.78 is 6.43. The van der Waals surface area contributed by atoms with E-state index in [1.807, 2.05) is 43.4 Å². The molecule has 0 aliphatic carbocycles. The van der Waals surface area contributed by atoms with Crippen molar-refractivity contribution >= 4 is 27.3 Å². The molecule has 0 bridgehead atoms. The molecule has 0 aliphatic heterocycles. The first-order valence-corrected chi connectivity index (χ1v) is 6.82. The fourth-order valence-electron chi connectivity index (χ4n) is 2.10. The van der Waals surface area contributed by atoms with Crippen molar-refractivity contribution < 1.29 is 4.74 Å². The van der Waals surface area contributed by atoms with Gasteiger partial charge in [0.1, 0.15) is 5.75 Å². The number of anilines is 2. The van der Waals surface area contributed by atoms with Crippen molar-refractivity contribution in [2.24, 2.45) is 5.73 Å². The molecule has 0 spiro atoms. The Morgan fingerprint density at radius 3 is 2.47 bits per heavy atom. The lowest BCUT2D eigenvalue weighted by atomic mass is 10.1. The van der Waals surface area contributed by atoms with E-state index in [1.165, 1.54) is 0 Å². The third kappa shape index (κ3) is 2.74. The molecule has 0 radical (unpaired) electrons. The second kappa shape index (κ2) is 6.08. The maximum Gasteiger partial charge on any atom is 0.142 e. The topological polar surface area (TPSA) is 38.5 Å². The molecule has 0 aliphatic rings. The van der Waals surface area contributed by atoms with Crippen LogP contribution in [0.25, 0.3) is 0 Å². The highest BCUT2D eigenvalue weighted by molar-refractivity contribution is 9.10. The lowest BCUT2D eigenvalue weighted by Gasteiger charge is -2.24. The lowest BCUT2D eigenvalue weighted by Crippen LogP contribution is -2.14. The van der Waals surface area contributed by atoms with Crippen LogP contribution in [0.2, 0.25) is 0 Å². The summed E-state index contributed by atoms with van der Waals surface area (Å²) in [5, 5.41) is 0. The molecule has 2 rings (SSSR count). The van der Waals surface area contributed by atoms with Crippen LogP contribution < -0.4 is 15.4 Å². The number of ether oxygens (including phenoxy) is 1. The molecule has 0 saturated carbocycles. The third-order valence-corrected chi connectivity index (χ3v) is 3.85. The van der Waals surface area contributed by atoms with Gasteiger partial charge in [0.2, 0.25) is 0 Å². The smallest absolute Gasteiger partial charge is 0.142 e. The molecule has 0 heterocycles. The van der Waals surface area contributed by atoms with E-state index in [0.29, 0.717) is 6.54 Å². The Hall–Kier alpha value is -1.52. The van der Waals surface area contributed by atoms with Gasteiger partial charge in [0.05, 0.1) is 12.8 Å². The molecular weight excluding hydrogens is 304 g/mol. The van der Waals surface area contributed by atoms with Gasteiger partial charge in [-0.25, -0.2) is 0 Å². The molecule has 0 aromatic heterocycles. The first-order valence-electron chi connectivity index (χ1n) is 6.03. The summed E-state index contributed by atoms with van der Waals surface area (Å²) in [5.41, 5.74) is 9.01. The second-order valence-electron chi connectivity index (χ2n) is 4.17. The van der Waals surface area contributed by atoms with Gasteiger partial charge >= 0.3 is 0 Å². The Kier molecular flexibility index (Phi) is 4.45. The Bertz CT molecular complexity index is 572. The Morgan fingerprint density at radius 2 is 1.79 bits per heavy atom. The number of nitrogens with zero attached hydrogens (tertiary/aromatic N) is 1. The molecule has 0 unspecified atom stereocenters. The largest absolute Gasteiger partial charge is 0.495 e. The summed E-state index contributed by atoms with van der Waals surface area (Å²) in [6.45, 7) is 0.482. The van der Waals surface area contributed by atoms with Crippen molar-refractivity contribution in [3.05, 3.63) is 52.5 Å². The second-order valence-corrected chi connectivity index (χ2v) is 5.03. The number of rotatable bonds is 4. The van der Waals surface area contributed by atoms with Crippen LogP contribution in [0.3, 0.4) is 0 Å². The summed E-state index contributed by atoms with van der Waals surface area (Å²) in [6, 6.07) is 14.0. The minimum atomic E-state index is 0.482. The van der Waals surface area contributed by atoms with E-state index in [2.05, 4.69) is 26.9 Å². The van der Waals surface area contributed by atoms with Gasteiger partial charge in [0.25, 0.3) is 0 Å². The highest BCUT2D eigenvalue weighted by atomic mass is 79.9. The summed E-state index contributed by atoms with van der Waals surface area (Å²) in [6.07, 6.45) is 0. The highest BCUT2D eigenvalue weighted by Gasteiger charge is 2.13. The van der Waals surface area contributed by atoms with E-state index >= 15 is 0 Å². The minimum Gasteiger partial charge on any atom is -0.495 e. The molecule has 0 atom stereocenters. The number of halogens is 1. The summed E-state index contributed by atoms with van der Waals surface area (Å²) >= 11 is 3.55. The number of hydrogen-bond acceptors (Lipinski definition) is 3. The van der Waals surface area contributed by atoms with Crippen LogP contribution in [0.5, 0.6) is 5.75 Å². The average Bonchev–Trinajstić information content (AvgIpc) is 2.46. The lowest BCUT2D eigenvalue weighted by molar-refractivity contribution is 0.415. The summed E-state index contributed by atoms with van der Waals surface area (Å²) in [5.74, 6) is 0.841. The normalized spacial score (nSPS) is 10.3. The molecule has 3 nitrogen and oxygen atoms in total. The van der Waals surface area contributed by atoms with Gasteiger partial charge < -0.3 is 15.4 Å². The van der Waals surface area contributed by atoms with Crippen molar-refractivity contribution in [3.63, 3.8) is 0 Å². The van der Waals surface area contributed by atoms with Crippen LogP contribution in [-0.2, 0) is 6.54 Å². The molecule has 2 aromatic carbocycles. The number of methoxy groups -OCH3 is 1. The van der Waals surface area contributed by atoms with Crippen molar-refractivity contribution in [2.45, 2.75) is 6.54 Å². The molecular formula is C15H17BrN2O. The van der Waals surface area contributed by atoms with Crippen molar-refractivity contribution in [3.8, 4) is 5.75 Å². The van der Waals surface area contributed by atoms with Crippen LogP contribution in [0.15, 0.2) is 46.9 Å². The van der Waals surface area contributed by atoms with Gasteiger partial charge in [-0.15, -0.1) is 0 Å². The van der Waals surface area contributed by atoms with Gasteiger partial charge in [-0.05, 0) is 24.3 Å².